The third-order valence-corrected chi connectivity index (χ3v) is 13.4. The van der Waals surface area contributed by atoms with E-state index >= 15 is 0 Å². The van der Waals surface area contributed by atoms with Gasteiger partial charge in [-0.3, -0.25) is 29.0 Å². The van der Waals surface area contributed by atoms with E-state index in [1.54, 1.807) is 49.5 Å². The van der Waals surface area contributed by atoms with Gasteiger partial charge in [0.25, 0.3) is 11.8 Å². The fraction of sp³-hybridized carbons (Fsp3) is 0.421. The number of esters is 1. The van der Waals surface area contributed by atoms with Crippen molar-refractivity contribution < 1.29 is 33.8 Å². The van der Waals surface area contributed by atoms with Crippen LogP contribution in [0, 0.1) is 11.3 Å². The van der Waals surface area contributed by atoms with Gasteiger partial charge in [0.2, 0.25) is 11.8 Å². The molecule has 1 fully saturated rings. The molecule has 0 aliphatic carbocycles. The van der Waals surface area contributed by atoms with Crippen LogP contribution in [0.2, 0.25) is 0 Å². The van der Waals surface area contributed by atoms with Crippen LogP contribution in [-0.2, 0) is 49.8 Å². The second kappa shape index (κ2) is 22.7. The van der Waals surface area contributed by atoms with Gasteiger partial charge in [-0.15, -0.1) is 0 Å². The van der Waals surface area contributed by atoms with Crippen LogP contribution in [0.5, 0.6) is 5.75 Å². The number of carbonyl (C=O) groups is 5. The van der Waals surface area contributed by atoms with Gasteiger partial charge < -0.3 is 39.7 Å². The van der Waals surface area contributed by atoms with Gasteiger partial charge in [-0.1, -0.05) is 70.2 Å². The first-order chi connectivity index (χ1) is 34.2. The molecule has 15 heteroatoms. The Morgan fingerprint density at radius 2 is 1.67 bits per heavy atom. The van der Waals surface area contributed by atoms with Crippen molar-refractivity contribution in [2.24, 2.45) is 11.3 Å². The fourth-order valence-electron chi connectivity index (χ4n) is 10.0. The number of likely N-dealkylation sites (N-methyl/N-ethyl adjacent to an activating group) is 2. The number of phenolic OH excluding ortho intramolecular Hbond substituents is 1. The molecule has 1 unspecified atom stereocenters. The summed E-state index contributed by atoms with van der Waals surface area (Å²) in [5, 5.41) is 19.6. The number of hydrogen-bond donors (Lipinski definition) is 4. The van der Waals surface area contributed by atoms with E-state index in [0.717, 1.165) is 45.4 Å². The summed E-state index contributed by atoms with van der Waals surface area (Å²) in [7, 11) is 9.49. The van der Waals surface area contributed by atoms with E-state index in [0.29, 0.717) is 49.2 Å². The number of cyclic esters (lactones) is 1. The van der Waals surface area contributed by atoms with Crippen LogP contribution >= 0.6 is 0 Å². The zero-order valence-electron chi connectivity index (χ0n) is 43.5. The Labute approximate surface area is 424 Å². The van der Waals surface area contributed by atoms with Gasteiger partial charge >= 0.3 is 5.97 Å². The number of hydrogen-bond acceptors (Lipinski definition) is 10. The molecule has 0 spiro atoms. The van der Waals surface area contributed by atoms with Gasteiger partial charge in [0.05, 0.1) is 12.3 Å². The molecule has 4 aromatic carbocycles. The highest BCUT2D eigenvalue weighted by Gasteiger charge is 2.38. The number of aromatic hydroxyl groups is 1. The van der Waals surface area contributed by atoms with E-state index in [1.807, 2.05) is 45.0 Å². The lowest BCUT2D eigenvalue weighted by Gasteiger charge is -2.36. The van der Waals surface area contributed by atoms with Crippen molar-refractivity contribution in [3.8, 4) is 28.1 Å². The highest BCUT2D eigenvalue weighted by atomic mass is 16.5. The lowest BCUT2D eigenvalue weighted by atomic mass is 9.84. The Kier molecular flexibility index (Phi) is 16.7. The summed E-state index contributed by atoms with van der Waals surface area (Å²) in [4.78, 5) is 75.4. The number of nitrogens with zero attached hydrogens (tertiary/aromatic N) is 5. The Hall–Kier alpha value is -6.81. The number of carbonyl (C=O) groups excluding carboxylic acids is 5. The third-order valence-electron chi connectivity index (χ3n) is 13.4. The Morgan fingerprint density at radius 3 is 2.36 bits per heavy atom. The van der Waals surface area contributed by atoms with E-state index < -0.39 is 47.2 Å². The second-order valence-corrected chi connectivity index (χ2v) is 21.0. The van der Waals surface area contributed by atoms with Crippen molar-refractivity contribution in [3.63, 3.8) is 0 Å². The van der Waals surface area contributed by atoms with Crippen LogP contribution in [-0.4, -0.2) is 132 Å². The average Bonchev–Trinajstić information content (AvgIpc) is 3.63. The summed E-state index contributed by atoms with van der Waals surface area (Å²) in [5.41, 5.74) is 11.2. The number of aromatic nitrogens is 1. The molecule has 1 aromatic heterocycles. The van der Waals surface area contributed by atoms with Gasteiger partial charge in [0.1, 0.15) is 23.9 Å². The summed E-state index contributed by atoms with van der Waals surface area (Å²) in [5.74, 6) is -2.61. The standard InChI is InChI=1S/C57H72N8O7/c1-11-64-49-25-22-39-32-45(49)46(52(64)44-17-13-12-16-40(44)34-62(8)9)33-57(4,5)35-72-56(71)47-18-14-27-65(60-47)55(70)48(30-37-28-41(39)31-43(66)29-37)59-53(68)51(36(2)3)63(10)54(69)38-20-23-42(24-21-38)58-50(67)19-15-26-61(6)7/h12-13,15-17,19-25,28-29,31-32,36,47-48,51,60,66H,11,14,18,26-27,30,33-35H2,1-10H3,(H,58,67)(H,59,68)/b19-15+/t47-,48-,51?/m0/s1. The maximum Gasteiger partial charge on any atom is 0.324 e. The summed E-state index contributed by atoms with van der Waals surface area (Å²) < 4.78 is 8.51. The topological polar surface area (TPSA) is 169 Å². The number of amides is 4. The SMILES string of the molecule is CCn1c(-c2ccccc2CN(C)C)c2c3cc(ccc31)-c1cc(O)cc(c1)C[C@H](NC(=O)C(C(C)C)N(C)C(=O)c1ccc(NC(=O)/C=C/CN(C)C)cc1)C(=O)N1CCC[C@H](N1)C(=O)OCC(C)(C)C2. The Bertz CT molecular complexity index is 2830. The van der Waals surface area contributed by atoms with Gasteiger partial charge in [0, 0.05) is 78.9 Å². The first-order valence-electron chi connectivity index (χ1n) is 25.0. The number of fused-ring (bicyclic) bond motifs is 6. The normalized spacial score (nSPS) is 17.8. The molecule has 382 valence electrons. The molecule has 5 aromatic rings. The fourth-order valence-corrected chi connectivity index (χ4v) is 10.0. The maximum atomic E-state index is 14.8. The van der Waals surface area contributed by atoms with E-state index in [9.17, 15) is 29.1 Å². The molecule has 15 nitrogen and oxygen atoms in total. The molecular weight excluding hydrogens is 909 g/mol. The van der Waals surface area contributed by atoms with Crippen LogP contribution in [0.25, 0.3) is 33.3 Å². The minimum Gasteiger partial charge on any atom is -0.508 e. The average molecular weight is 981 g/mol. The Morgan fingerprint density at radius 1 is 0.931 bits per heavy atom. The van der Waals surface area contributed by atoms with Crippen LogP contribution in [0.4, 0.5) is 5.69 Å². The molecule has 7 rings (SSSR count). The Balaban J connectivity index is 1.25. The zero-order valence-corrected chi connectivity index (χ0v) is 43.5. The molecule has 6 bridgehead atoms. The molecule has 4 amide bonds. The summed E-state index contributed by atoms with van der Waals surface area (Å²) >= 11 is 0. The van der Waals surface area contributed by atoms with Crippen LogP contribution < -0.4 is 16.1 Å². The summed E-state index contributed by atoms with van der Waals surface area (Å²) in [6.07, 6.45) is 4.73. The monoisotopic (exact) mass is 981 g/mol. The van der Waals surface area contributed by atoms with Crippen LogP contribution in [0.3, 0.4) is 0 Å². The zero-order chi connectivity index (χ0) is 52.0. The van der Waals surface area contributed by atoms with Crippen molar-refractivity contribution in [1.29, 1.82) is 0 Å². The molecular formula is C57H72N8O7. The highest BCUT2D eigenvalue weighted by molar-refractivity contribution is 6.01. The molecule has 3 heterocycles. The van der Waals surface area contributed by atoms with Gasteiger partial charge in [-0.2, -0.15) is 0 Å². The summed E-state index contributed by atoms with van der Waals surface area (Å²) in [6, 6.07) is 23.5. The molecule has 0 radical (unpaired) electrons. The largest absolute Gasteiger partial charge is 0.508 e. The quantitative estimate of drug-likeness (QED) is 0.0696. The van der Waals surface area contributed by atoms with Crippen molar-refractivity contribution in [2.45, 2.75) is 91.5 Å². The van der Waals surface area contributed by atoms with Crippen molar-refractivity contribution in [2.75, 3.05) is 60.3 Å². The van der Waals surface area contributed by atoms with E-state index in [4.69, 9.17) is 4.74 Å². The summed E-state index contributed by atoms with van der Waals surface area (Å²) in [6.45, 7) is 12.5. The van der Waals surface area contributed by atoms with Gasteiger partial charge in [-0.05, 0) is 137 Å². The molecule has 2 aliphatic heterocycles. The number of anilines is 1. The smallest absolute Gasteiger partial charge is 0.324 e. The van der Waals surface area contributed by atoms with E-state index in [2.05, 4.69) is 96.8 Å². The third kappa shape index (κ3) is 12.4. The molecule has 0 saturated carbocycles. The maximum absolute atomic E-state index is 14.8. The number of rotatable bonds is 13. The molecule has 1 saturated heterocycles. The van der Waals surface area contributed by atoms with Crippen molar-refractivity contribution in [3.05, 3.63) is 119 Å². The number of ether oxygens (including phenoxy) is 1. The van der Waals surface area contributed by atoms with Gasteiger partial charge in [0.15, 0.2) is 0 Å². The minimum absolute atomic E-state index is 0.00372. The number of aryl methyl sites for hydroxylation is 1. The first-order valence-corrected chi connectivity index (χ1v) is 25.0. The molecule has 72 heavy (non-hydrogen) atoms. The van der Waals surface area contributed by atoms with Crippen molar-refractivity contribution >= 4 is 46.2 Å². The number of nitrogens with one attached hydrogen (secondary N) is 3. The molecule has 4 N–H and O–H groups in total. The van der Waals surface area contributed by atoms with E-state index in [-0.39, 0.29) is 37.1 Å². The molecule has 2 aliphatic rings. The molecule has 3 atom stereocenters. The minimum atomic E-state index is -1.18. The first kappa shape index (κ1) is 53.0. The highest BCUT2D eigenvalue weighted by Crippen LogP contribution is 2.42. The predicted molar refractivity (Wildman–Crippen MR) is 283 cm³/mol. The number of benzene rings is 4. The second-order valence-electron chi connectivity index (χ2n) is 21.0. The van der Waals surface area contributed by atoms with Crippen molar-refractivity contribution in [1.82, 2.24) is 35.0 Å². The lowest BCUT2D eigenvalue weighted by Crippen LogP contribution is -2.62. The lowest BCUT2D eigenvalue weighted by molar-refractivity contribution is -0.155. The van der Waals surface area contributed by atoms with Crippen LogP contribution in [0.15, 0.2) is 97.1 Å². The predicted octanol–water partition coefficient (Wildman–Crippen LogP) is 7.26. The van der Waals surface area contributed by atoms with Gasteiger partial charge in [-0.25, -0.2) is 5.43 Å². The van der Waals surface area contributed by atoms with E-state index in [1.165, 1.54) is 21.5 Å². The number of hydrazine groups is 1. The number of phenols is 1. The van der Waals surface area contributed by atoms with Crippen LogP contribution in [0.1, 0.15) is 74.5 Å².